The number of nitrogens with zero attached hydrogens (tertiary/aromatic N) is 1. The van der Waals surface area contributed by atoms with E-state index in [4.69, 9.17) is 9.84 Å². The van der Waals surface area contributed by atoms with Crippen molar-refractivity contribution in [3.05, 3.63) is 35.4 Å². The number of ether oxygens (including phenoxy) is 1. The quantitative estimate of drug-likeness (QED) is 0.379. The van der Waals surface area contributed by atoms with E-state index in [1.807, 2.05) is 31.1 Å². The third-order valence-corrected chi connectivity index (χ3v) is 2.45. The van der Waals surface area contributed by atoms with Gasteiger partial charge in [-0.3, -0.25) is 0 Å². The van der Waals surface area contributed by atoms with Crippen molar-refractivity contribution in [2.24, 2.45) is 0 Å². The van der Waals surface area contributed by atoms with Crippen molar-refractivity contribution in [3.63, 3.8) is 0 Å². The van der Waals surface area contributed by atoms with Gasteiger partial charge in [0, 0.05) is 19.8 Å². The number of anilines is 1. The second kappa shape index (κ2) is 6.58. The van der Waals surface area contributed by atoms with E-state index < -0.39 is 11.9 Å². The number of benzene rings is 1. The van der Waals surface area contributed by atoms with Crippen LogP contribution in [0.2, 0.25) is 0 Å². The maximum absolute atomic E-state index is 11.5. The van der Waals surface area contributed by atoms with Gasteiger partial charge in [-0.1, -0.05) is 12.1 Å². The fourth-order valence-corrected chi connectivity index (χ4v) is 1.45. The number of aliphatic carboxylic acids is 1. The minimum absolute atomic E-state index is 0.142. The van der Waals surface area contributed by atoms with Crippen molar-refractivity contribution in [1.82, 2.24) is 0 Å². The molecule has 1 N–H and O–H groups in total. The molecule has 5 heteroatoms. The van der Waals surface area contributed by atoms with Crippen molar-refractivity contribution < 1.29 is 19.4 Å². The molecular weight excluding hydrogens is 246 g/mol. The number of carboxylic acids is 1. The molecule has 0 unspecified atom stereocenters. The van der Waals surface area contributed by atoms with E-state index in [1.54, 1.807) is 19.1 Å². The minimum atomic E-state index is -1.30. The Hall–Kier alpha value is -2.30. The van der Waals surface area contributed by atoms with Gasteiger partial charge in [0.25, 0.3) is 0 Å². The highest BCUT2D eigenvalue weighted by atomic mass is 16.5. The molecule has 5 nitrogen and oxygen atoms in total. The Bertz CT molecular complexity index is 489. The van der Waals surface area contributed by atoms with Crippen molar-refractivity contribution in [2.45, 2.75) is 6.92 Å². The number of carbonyl (C=O) groups is 2. The number of esters is 1. The van der Waals surface area contributed by atoms with Crippen LogP contribution in [0.15, 0.2) is 29.8 Å². The van der Waals surface area contributed by atoms with Gasteiger partial charge in [-0.25, -0.2) is 9.59 Å². The zero-order valence-corrected chi connectivity index (χ0v) is 11.2. The first-order chi connectivity index (χ1) is 8.95. The number of hydrogen-bond donors (Lipinski definition) is 1. The van der Waals surface area contributed by atoms with Gasteiger partial charge < -0.3 is 14.7 Å². The van der Waals surface area contributed by atoms with Gasteiger partial charge >= 0.3 is 11.9 Å². The van der Waals surface area contributed by atoms with Crippen LogP contribution < -0.4 is 4.90 Å². The van der Waals surface area contributed by atoms with Gasteiger partial charge in [-0.05, 0) is 30.7 Å². The van der Waals surface area contributed by atoms with Crippen LogP contribution >= 0.6 is 0 Å². The van der Waals surface area contributed by atoms with E-state index >= 15 is 0 Å². The lowest BCUT2D eigenvalue weighted by molar-refractivity contribution is -0.143. The molecule has 0 aliphatic carbocycles. The maximum atomic E-state index is 11.5. The molecule has 0 spiro atoms. The normalized spacial score (nSPS) is 11.0. The summed E-state index contributed by atoms with van der Waals surface area (Å²) in [6.45, 7) is 1.77. The first-order valence-corrected chi connectivity index (χ1v) is 5.85. The van der Waals surface area contributed by atoms with Crippen molar-refractivity contribution in [1.29, 1.82) is 0 Å². The smallest absolute Gasteiger partial charge is 0.345 e. The second-order valence-electron chi connectivity index (χ2n) is 4.07. The molecule has 0 saturated heterocycles. The highest BCUT2D eigenvalue weighted by molar-refractivity contribution is 6.17. The maximum Gasteiger partial charge on any atom is 0.345 e. The Labute approximate surface area is 112 Å². The largest absolute Gasteiger partial charge is 0.477 e. The first-order valence-electron chi connectivity index (χ1n) is 5.85. The monoisotopic (exact) mass is 263 g/mol. The number of carboxylic acid groups (broad SMARTS) is 1. The molecule has 19 heavy (non-hydrogen) atoms. The Kier molecular flexibility index (Phi) is 5.11. The summed E-state index contributed by atoms with van der Waals surface area (Å²) >= 11 is 0. The van der Waals surface area contributed by atoms with Gasteiger partial charge in [-0.2, -0.15) is 0 Å². The number of hydrogen-bond acceptors (Lipinski definition) is 4. The summed E-state index contributed by atoms with van der Waals surface area (Å²) in [6, 6.07) is 7.18. The molecule has 0 aromatic heterocycles. The third-order valence-electron chi connectivity index (χ3n) is 2.45. The molecule has 0 atom stereocenters. The molecule has 0 radical (unpaired) electrons. The molecule has 1 aromatic rings. The van der Waals surface area contributed by atoms with Crippen LogP contribution in [0, 0.1) is 0 Å². The summed E-state index contributed by atoms with van der Waals surface area (Å²) in [4.78, 5) is 24.4. The number of rotatable bonds is 5. The van der Waals surface area contributed by atoms with Crippen LogP contribution in [0.5, 0.6) is 0 Å². The summed E-state index contributed by atoms with van der Waals surface area (Å²) in [5, 5.41) is 9.00. The van der Waals surface area contributed by atoms with E-state index in [1.165, 1.54) is 6.08 Å². The van der Waals surface area contributed by atoms with Crippen LogP contribution in [0.25, 0.3) is 6.08 Å². The van der Waals surface area contributed by atoms with Crippen LogP contribution in [0.3, 0.4) is 0 Å². The average molecular weight is 263 g/mol. The molecule has 102 valence electrons. The first kappa shape index (κ1) is 14.8. The SMILES string of the molecule is CCOC(=O)/C(=C/c1ccc(N(C)C)cc1)C(=O)O. The van der Waals surface area contributed by atoms with Gasteiger partial charge in [-0.15, -0.1) is 0 Å². The van der Waals surface area contributed by atoms with E-state index in [-0.39, 0.29) is 12.2 Å². The lowest BCUT2D eigenvalue weighted by Gasteiger charge is -2.12. The molecular formula is C14H17NO4. The van der Waals surface area contributed by atoms with Crippen LogP contribution in [-0.4, -0.2) is 37.7 Å². The van der Waals surface area contributed by atoms with Crippen LogP contribution in [-0.2, 0) is 14.3 Å². The molecule has 0 saturated carbocycles. The lowest BCUT2D eigenvalue weighted by atomic mass is 10.1. The van der Waals surface area contributed by atoms with Crippen molar-refractivity contribution in [2.75, 3.05) is 25.6 Å². The molecule has 0 amide bonds. The van der Waals surface area contributed by atoms with Crippen molar-refractivity contribution >= 4 is 23.7 Å². The number of carbonyl (C=O) groups excluding carboxylic acids is 1. The molecule has 0 heterocycles. The molecule has 0 bridgehead atoms. The summed E-state index contributed by atoms with van der Waals surface area (Å²) in [6.07, 6.45) is 1.31. The van der Waals surface area contributed by atoms with Gasteiger partial charge in [0.1, 0.15) is 5.57 Å². The molecule has 1 rings (SSSR count). The summed E-state index contributed by atoms with van der Waals surface area (Å²) in [5.41, 5.74) is 1.25. The summed E-state index contributed by atoms with van der Waals surface area (Å²) in [5.74, 6) is -2.12. The van der Waals surface area contributed by atoms with Gasteiger partial charge in [0.05, 0.1) is 6.61 Å². The fraction of sp³-hybridized carbons (Fsp3) is 0.286. The highest BCUT2D eigenvalue weighted by Gasteiger charge is 2.18. The predicted molar refractivity (Wildman–Crippen MR) is 73.0 cm³/mol. The molecule has 1 aromatic carbocycles. The summed E-state index contributed by atoms with van der Waals surface area (Å²) in [7, 11) is 3.82. The molecule has 0 fully saturated rings. The lowest BCUT2D eigenvalue weighted by Crippen LogP contribution is -2.15. The Balaban J connectivity index is 3.02. The van der Waals surface area contributed by atoms with E-state index in [9.17, 15) is 9.59 Å². The van der Waals surface area contributed by atoms with E-state index in [0.29, 0.717) is 5.56 Å². The highest BCUT2D eigenvalue weighted by Crippen LogP contribution is 2.15. The Morgan fingerprint density at radius 3 is 2.26 bits per heavy atom. The zero-order valence-electron chi connectivity index (χ0n) is 11.2. The fourth-order valence-electron chi connectivity index (χ4n) is 1.45. The average Bonchev–Trinajstić information content (AvgIpc) is 2.36. The van der Waals surface area contributed by atoms with E-state index in [2.05, 4.69) is 0 Å². The third kappa shape index (κ3) is 4.13. The van der Waals surface area contributed by atoms with Gasteiger partial charge in [0.2, 0.25) is 0 Å². The topological polar surface area (TPSA) is 66.8 Å². The Morgan fingerprint density at radius 1 is 1.26 bits per heavy atom. The minimum Gasteiger partial charge on any atom is -0.477 e. The van der Waals surface area contributed by atoms with E-state index in [0.717, 1.165) is 5.69 Å². The Morgan fingerprint density at radius 2 is 1.84 bits per heavy atom. The standard InChI is InChI=1S/C14H17NO4/c1-4-19-14(18)12(13(16)17)9-10-5-7-11(8-6-10)15(2)3/h5-9H,4H2,1-3H3,(H,16,17)/b12-9+. The second-order valence-corrected chi connectivity index (χ2v) is 4.07. The van der Waals surface area contributed by atoms with Crippen LogP contribution in [0.4, 0.5) is 5.69 Å². The van der Waals surface area contributed by atoms with Crippen LogP contribution in [0.1, 0.15) is 12.5 Å². The zero-order chi connectivity index (χ0) is 14.4. The molecule has 0 aliphatic heterocycles. The van der Waals surface area contributed by atoms with Crippen molar-refractivity contribution in [3.8, 4) is 0 Å². The predicted octanol–water partition coefficient (Wildman–Crippen LogP) is 1.78. The summed E-state index contributed by atoms with van der Waals surface area (Å²) < 4.78 is 4.70. The van der Waals surface area contributed by atoms with Gasteiger partial charge in [0.15, 0.2) is 0 Å². The molecule has 0 aliphatic rings.